The fourth-order valence-electron chi connectivity index (χ4n) is 2.80. The van der Waals surface area contributed by atoms with E-state index in [0.717, 1.165) is 30.2 Å². The predicted molar refractivity (Wildman–Crippen MR) is 138 cm³/mol. The molecule has 1 heterocycles. The summed E-state index contributed by atoms with van der Waals surface area (Å²) in [5, 5.41) is 10.9. The molecule has 0 spiro atoms. The van der Waals surface area contributed by atoms with Crippen molar-refractivity contribution in [3.05, 3.63) is 57.8 Å². The molecule has 0 saturated heterocycles. The molecule has 0 aliphatic carbocycles. The van der Waals surface area contributed by atoms with Gasteiger partial charge in [-0.05, 0) is 60.2 Å². The number of halogens is 1. The van der Waals surface area contributed by atoms with Gasteiger partial charge >= 0.3 is 0 Å². The smallest absolute Gasteiger partial charge is 0.216 e. The first-order valence-corrected chi connectivity index (χ1v) is 12.5. The van der Waals surface area contributed by atoms with Gasteiger partial charge < -0.3 is 10.6 Å². The second kappa shape index (κ2) is 13.3. The van der Waals surface area contributed by atoms with Gasteiger partial charge in [-0.25, -0.2) is 18.1 Å². The number of benzene rings is 1. The fraction of sp³-hybridized carbons (Fsp3) is 0.476. The van der Waals surface area contributed by atoms with E-state index in [9.17, 15) is 8.42 Å². The lowest BCUT2D eigenvalue weighted by Crippen LogP contribution is -2.39. The summed E-state index contributed by atoms with van der Waals surface area (Å²) < 4.78 is 26.7. The molecular weight excluding hydrogens is 531 g/mol. The molecule has 3 N–H and O–H groups in total. The monoisotopic (exact) mass is 564 g/mol. The van der Waals surface area contributed by atoms with E-state index in [1.54, 1.807) is 11.3 Å². The van der Waals surface area contributed by atoms with E-state index in [1.165, 1.54) is 5.56 Å². The minimum atomic E-state index is -3.31. The van der Waals surface area contributed by atoms with E-state index >= 15 is 0 Å². The molecule has 0 fully saturated rings. The van der Waals surface area contributed by atoms with Gasteiger partial charge in [0.15, 0.2) is 5.96 Å². The summed E-state index contributed by atoms with van der Waals surface area (Å²) in [6.45, 7) is 9.99. The highest BCUT2D eigenvalue weighted by Crippen LogP contribution is 2.17. The van der Waals surface area contributed by atoms with Crippen LogP contribution in [0.4, 0.5) is 0 Å². The van der Waals surface area contributed by atoms with Crippen molar-refractivity contribution in [2.24, 2.45) is 4.99 Å². The van der Waals surface area contributed by atoms with Crippen LogP contribution in [0, 0.1) is 0 Å². The minimum Gasteiger partial charge on any atom is -0.357 e. The van der Waals surface area contributed by atoms with Crippen molar-refractivity contribution in [2.45, 2.75) is 52.0 Å². The Morgan fingerprint density at radius 1 is 1.07 bits per heavy atom. The number of hydrogen-bond acceptors (Lipinski definition) is 4. The van der Waals surface area contributed by atoms with Crippen molar-refractivity contribution < 1.29 is 8.42 Å². The second-order valence-electron chi connectivity index (χ2n) is 7.38. The number of aliphatic imine (C=N–C) groups is 1. The van der Waals surface area contributed by atoms with Crippen molar-refractivity contribution in [3.63, 3.8) is 0 Å². The summed E-state index contributed by atoms with van der Waals surface area (Å²) >= 11 is 1.71. The number of sulfonamides is 1. The standard InChI is InChI=1S/C21H32N4O2S2.HI/c1-5-22-21(23-12-17(4)20-10-11-28-14-20)24-13-18-6-8-19(9-7-18)15-29(26,27)25-16(2)3;/h6-11,14,16-17,25H,5,12-13,15H2,1-4H3,(H2,22,23,24);1H. The van der Waals surface area contributed by atoms with Crippen molar-refractivity contribution in [1.29, 1.82) is 0 Å². The number of thiophene rings is 1. The Morgan fingerprint density at radius 3 is 2.30 bits per heavy atom. The van der Waals surface area contributed by atoms with Gasteiger partial charge in [0.25, 0.3) is 0 Å². The topological polar surface area (TPSA) is 82.6 Å². The van der Waals surface area contributed by atoms with Gasteiger partial charge in [0.2, 0.25) is 10.0 Å². The Hall–Kier alpha value is -1.17. The van der Waals surface area contributed by atoms with Gasteiger partial charge in [0.1, 0.15) is 0 Å². The molecule has 0 aliphatic heterocycles. The maximum Gasteiger partial charge on any atom is 0.216 e. The molecule has 1 atom stereocenters. The van der Waals surface area contributed by atoms with E-state index in [-0.39, 0.29) is 35.8 Å². The molecule has 30 heavy (non-hydrogen) atoms. The van der Waals surface area contributed by atoms with Crippen molar-refractivity contribution in [2.75, 3.05) is 13.1 Å². The lowest BCUT2D eigenvalue weighted by atomic mass is 10.1. The van der Waals surface area contributed by atoms with E-state index in [1.807, 2.05) is 45.0 Å². The van der Waals surface area contributed by atoms with Crippen LogP contribution >= 0.6 is 35.3 Å². The summed E-state index contributed by atoms with van der Waals surface area (Å²) in [7, 11) is -3.31. The first-order chi connectivity index (χ1) is 13.8. The number of nitrogens with one attached hydrogen (secondary N) is 3. The zero-order valence-electron chi connectivity index (χ0n) is 18.0. The quantitative estimate of drug-likeness (QED) is 0.231. The van der Waals surface area contributed by atoms with Crippen LogP contribution in [0.15, 0.2) is 46.1 Å². The highest BCUT2D eigenvalue weighted by molar-refractivity contribution is 14.0. The number of nitrogens with zero attached hydrogens (tertiary/aromatic N) is 1. The molecule has 9 heteroatoms. The van der Waals surface area contributed by atoms with Crippen molar-refractivity contribution >= 4 is 51.3 Å². The predicted octanol–water partition coefficient (Wildman–Crippen LogP) is 4.05. The van der Waals surface area contributed by atoms with E-state index in [4.69, 9.17) is 0 Å². The first-order valence-electron chi connectivity index (χ1n) is 9.91. The summed E-state index contributed by atoms with van der Waals surface area (Å²) in [5.74, 6) is 1.17. The first kappa shape index (κ1) is 26.9. The number of hydrogen-bond donors (Lipinski definition) is 3. The Morgan fingerprint density at radius 2 is 1.73 bits per heavy atom. The van der Waals surface area contributed by atoms with Crippen LogP contribution in [-0.2, 0) is 22.3 Å². The molecule has 0 radical (unpaired) electrons. The average molecular weight is 565 g/mol. The zero-order valence-corrected chi connectivity index (χ0v) is 22.0. The second-order valence-corrected chi connectivity index (χ2v) is 9.92. The van der Waals surface area contributed by atoms with Gasteiger partial charge in [-0.1, -0.05) is 31.2 Å². The third-order valence-corrected chi connectivity index (χ3v) is 6.49. The van der Waals surface area contributed by atoms with Gasteiger partial charge in [-0.2, -0.15) is 11.3 Å². The lowest BCUT2D eigenvalue weighted by molar-refractivity contribution is 0.569. The summed E-state index contributed by atoms with van der Waals surface area (Å²) in [4.78, 5) is 4.65. The maximum atomic E-state index is 12.0. The zero-order chi connectivity index (χ0) is 21.3. The van der Waals surface area contributed by atoms with E-state index in [2.05, 4.69) is 44.1 Å². The molecule has 1 aromatic carbocycles. The van der Waals surface area contributed by atoms with Crippen LogP contribution in [0.3, 0.4) is 0 Å². The van der Waals surface area contributed by atoms with Crippen LogP contribution in [0.25, 0.3) is 0 Å². The normalized spacial score (nSPS) is 13.0. The third kappa shape index (κ3) is 9.76. The van der Waals surface area contributed by atoms with Crippen LogP contribution < -0.4 is 15.4 Å². The Bertz CT molecular complexity index is 867. The Labute approximate surface area is 202 Å². The molecule has 2 aromatic rings. The molecule has 2 rings (SSSR count). The SMILES string of the molecule is CCNC(=NCc1ccc(CS(=O)(=O)NC(C)C)cc1)NCC(C)c1ccsc1.I. The van der Waals surface area contributed by atoms with Crippen LogP contribution in [0.2, 0.25) is 0 Å². The van der Waals surface area contributed by atoms with Gasteiger partial charge in [0.05, 0.1) is 12.3 Å². The average Bonchev–Trinajstić information content (AvgIpc) is 3.18. The van der Waals surface area contributed by atoms with E-state index < -0.39 is 10.0 Å². The van der Waals surface area contributed by atoms with Crippen LogP contribution in [-0.4, -0.2) is 33.5 Å². The van der Waals surface area contributed by atoms with Gasteiger partial charge in [-0.3, -0.25) is 0 Å². The third-order valence-electron chi connectivity index (χ3n) is 4.25. The van der Waals surface area contributed by atoms with Crippen molar-refractivity contribution in [3.8, 4) is 0 Å². The molecule has 0 saturated carbocycles. The lowest BCUT2D eigenvalue weighted by Gasteiger charge is -2.15. The molecule has 0 amide bonds. The number of guanidine groups is 1. The molecule has 6 nitrogen and oxygen atoms in total. The van der Waals surface area contributed by atoms with Crippen molar-refractivity contribution in [1.82, 2.24) is 15.4 Å². The summed E-state index contributed by atoms with van der Waals surface area (Å²) in [6, 6.07) is 9.61. The highest BCUT2D eigenvalue weighted by Gasteiger charge is 2.12. The molecule has 1 unspecified atom stereocenters. The highest BCUT2D eigenvalue weighted by atomic mass is 127. The Balaban J connectivity index is 0.00000450. The molecule has 0 bridgehead atoms. The molecule has 168 valence electrons. The maximum absolute atomic E-state index is 12.0. The molecule has 1 aromatic heterocycles. The minimum absolute atomic E-state index is 0. The Kier molecular flexibility index (Phi) is 11.9. The molecule has 0 aliphatic rings. The fourth-order valence-corrected chi connectivity index (χ4v) is 5.01. The molecular formula is C21H33IN4O2S2. The summed E-state index contributed by atoms with van der Waals surface area (Å²) in [6.07, 6.45) is 0. The largest absolute Gasteiger partial charge is 0.357 e. The summed E-state index contributed by atoms with van der Waals surface area (Å²) in [5.41, 5.74) is 3.13. The number of rotatable bonds is 10. The van der Waals surface area contributed by atoms with Crippen LogP contribution in [0.1, 0.15) is 50.3 Å². The van der Waals surface area contributed by atoms with Crippen LogP contribution in [0.5, 0.6) is 0 Å². The van der Waals surface area contributed by atoms with Gasteiger partial charge in [-0.15, -0.1) is 24.0 Å². The van der Waals surface area contributed by atoms with Gasteiger partial charge in [0, 0.05) is 19.1 Å². The van der Waals surface area contributed by atoms with E-state index in [0.29, 0.717) is 12.5 Å².